The van der Waals surface area contributed by atoms with Gasteiger partial charge in [-0.1, -0.05) is 26.2 Å². The van der Waals surface area contributed by atoms with Gasteiger partial charge in [-0.25, -0.2) is 4.79 Å². The van der Waals surface area contributed by atoms with Crippen LogP contribution in [0.5, 0.6) is 0 Å². The first-order valence-electron chi connectivity index (χ1n) is 12.1. The largest absolute Gasteiger partial charge is 0.352 e. The maximum absolute atomic E-state index is 13.0. The first-order valence-corrected chi connectivity index (χ1v) is 12.1. The maximum atomic E-state index is 13.0. The molecule has 0 unspecified atom stereocenters. The fraction of sp³-hybridized carbons (Fsp3) is 0.870. The number of carbonyl (C=O) groups excluding carboxylic acids is 3. The zero-order chi connectivity index (χ0) is 21.1. The highest BCUT2D eigenvalue weighted by Gasteiger charge is 2.52. The van der Waals surface area contributed by atoms with Crippen molar-refractivity contribution < 1.29 is 14.4 Å². The number of imide groups is 1. The van der Waals surface area contributed by atoms with E-state index in [1.165, 1.54) is 32.2 Å². The maximum Gasteiger partial charge on any atom is 0.325 e. The van der Waals surface area contributed by atoms with E-state index in [2.05, 4.69) is 22.5 Å². The molecule has 4 aliphatic rings. The predicted octanol–water partition coefficient (Wildman–Crippen LogP) is 2.65. The molecular formula is C23H38N4O3. The molecule has 2 heterocycles. The lowest BCUT2D eigenvalue weighted by molar-refractivity contribution is -0.136. The summed E-state index contributed by atoms with van der Waals surface area (Å²) in [6.45, 7) is 5.25. The highest BCUT2D eigenvalue weighted by atomic mass is 16.2. The number of hydrogen-bond donors (Lipinski definition) is 2. The topological polar surface area (TPSA) is 81.8 Å². The third kappa shape index (κ3) is 4.66. The van der Waals surface area contributed by atoms with E-state index in [1.54, 1.807) is 0 Å². The summed E-state index contributed by atoms with van der Waals surface area (Å²) in [7, 11) is 0. The number of carbonyl (C=O) groups is 3. The minimum atomic E-state index is -0.769. The summed E-state index contributed by atoms with van der Waals surface area (Å²) in [4.78, 5) is 41.7. The molecule has 2 saturated heterocycles. The summed E-state index contributed by atoms with van der Waals surface area (Å²) in [6.07, 6.45) is 11.8. The average Bonchev–Trinajstić information content (AvgIpc) is 3.33. The van der Waals surface area contributed by atoms with E-state index < -0.39 is 11.6 Å². The summed E-state index contributed by atoms with van der Waals surface area (Å²) in [5.41, 5.74) is -0.769. The molecule has 168 valence electrons. The second kappa shape index (κ2) is 9.25. The van der Waals surface area contributed by atoms with Crippen molar-refractivity contribution in [2.24, 2.45) is 11.8 Å². The Hall–Kier alpha value is -1.63. The molecule has 1 spiro atoms. The van der Waals surface area contributed by atoms with Crippen molar-refractivity contribution in [3.05, 3.63) is 0 Å². The van der Waals surface area contributed by atoms with Gasteiger partial charge in [0.15, 0.2) is 0 Å². The zero-order valence-electron chi connectivity index (χ0n) is 18.5. The van der Waals surface area contributed by atoms with Crippen molar-refractivity contribution in [3.63, 3.8) is 0 Å². The molecule has 2 aliphatic heterocycles. The minimum Gasteiger partial charge on any atom is -0.352 e. The standard InChI is InChI=1S/C23H38N4O3/c1-2-17-7-11-23(12-8-17)21(29)27(22(30)25-23)16-20(28)24-19-9-13-26(14-10-19)15-18-5-3-4-6-18/h17-19H,2-16H2,1H3,(H,24,28)(H,25,30). The van der Waals surface area contributed by atoms with Crippen LogP contribution in [0.1, 0.15) is 77.6 Å². The zero-order valence-corrected chi connectivity index (χ0v) is 18.5. The van der Waals surface area contributed by atoms with Crippen LogP contribution in [0.15, 0.2) is 0 Å². The minimum absolute atomic E-state index is 0.145. The van der Waals surface area contributed by atoms with Crippen LogP contribution >= 0.6 is 0 Å². The Morgan fingerprint density at radius 3 is 2.33 bits per heavy atom. The summed E-state index contributed by atoms with van der Waals surface area (Å²) in [6, 6.07) is -0.261. The number of rotatable bonds is 6. The Bertz CT molecular complexity index is 645. The van der Waals surface area contributed by atoms with Crippen molar-refractivity contribution in [1.82, 2.24) is 20.4 Å². The summed E-state index contributed by atoms with van der Waals surface area (Å²) in [5.74, 6) is 1.07. The van der Waals surface area contributed by atoms with Crippen LogP contribution in [0.3, 0.4) is 0 Å². The van der Waals surface area contributed by atoms with E-state index in [4.69, 9.17) is 0 Å². The molecule has 4 fully saturated rings. The Labute approximate surface area is 180 Å². The molecule has 2 saturated carbocycles. The molecule has 0 atom stereocenters. The number of piperidine rings is 1. The lowest BCUT2D eigenvalue weighted by Gasteiger charge is -2.35. The van der Waals surface area contributed by atoms with Crippen molar-refractivity contribution in [2.75, 3.05) is 26.2 Å². The predicted molar refractivity (Wildman–Crippen MR) is 115 cm³/mol. The van der Waals surface area contributed by atoms with Crippen LogP contribution in [0.4, 0.5) is 4.79 Å². The number of urea groups is 1. The molecule has 0 radical (unpaired) electrons. The summed E-state index contributed by atoms with van der Waals surface area (Å²) >= 11 is 0. The lowest BCUT2D eigenvalue weighted by Crippen LogP contribution is -2.51. The molecule has 2 aliphatic carbocycles. The highest BCUT2D eigenvalue weighted by Crippen LogP contribution is 2.37. The van der Waals surface area contributed by atoms with E-state index in [1.807, 2.05) is 0 Å². The summed E-state index contributed by atoms with van der Waals surface area (Å²) in [5, 5.41) is 5.98. The molecule has 0 bridgehead atoms. The van der Waals surface area contributed by atoms with Gasteiger partial charge in [0, 0.05) is 25.7 Å². The quantitative estimate of drug-likeness (QED) is 0.650. The van der Waals surface area contributed by atoms with Crippen molar-refractivity contribution in [3.8, 4) is 0 Å². The second-order valence-electron chi connectivity index (χ2n) is 10.0. The molecular weight excluding hydrogens is 380 g/mol. The molecule has 4 amide bonds. The van der Waals surface area contributed by atoms with Gasteiger partial charge < -0.3 is 15.5 Å². The first kappa shape index (κ1) is 21.6. The van der Waals surface area contributed by atoms with Gasteiger partial charge in [0.25, 0.3) is 5.91 Å². The van der Waals surface area contributed by atoms with Crippen LogP contribution in [0.2, 0.25) is 0 Å². The fourth-order valence-electron chi connectivity index (χ4n) is 5.97. The second-order valence-corrected chi connectivity index (χ2v) is 10.0. The van der Waals surface area contributed by atoms with Gasteiger partial charge in [0.1, 0.15) is 12.1 Å². The third-order valence-electron chi connectivity index (χ3n) is 8.03. The van der Waals surface area contributed by atoms with E-state index in [-0.39, 0.29) is 24.4 Å². The molecule has 30 heavy (non-hydrogen) atoms. The van der Waals surface area contributed by atoms with Crippen LogP contribution < -0.4 is 10.6 Å². The monoisotopic (exact) mass is 418 g/mol. The van der Waals surface area contributed by atoms with Crippen LogP contribution in [-0.4, -0.2) is 65.4 Å². The average molecular weight is 419 g/mol. The molecule has 4 rings (SSSR count). The number of likely N-dealkylation sites (tertiary alicyclic amines) is 1. The normalized spacial score (nSPS) is 31.5. The van der Waals surface area contributed by atoms with Gasteiger partial charge in [-0.05, 0) is 63.2 Å². The number of nitrogens with one attached hydrogen (secondary N) is 2. The van der Waals surface area contributed by atoms with Gasteiger partial charge in [-0.3, -0.25) is 14.5 Å². The number of hydrogen-bond acceptors (Lipinski definition) is 4. The SMILES string of the molecule is CCC1CCC2(CC1)NC(=O)N(CC(=O)NC1CCN(CC3CCCC3)CC1)C2=O. The Kier molecular flexibility index (Phi) is 6.66. The number of nitrogens with zero attached hydrogens (tertiary/aromatic N) is 2. The summed E-state index contributed by atoms with van der Waals surface area (Å²) < 4.78 is 0. The van der Waals surface area contributed by atoms with Crippen LogP contribution in [-0.2, 0) is 9.59 Å². The first-order chi connectivity index (χ1) is 14.5. The van der Waals surface area contributed by atoms with E-state index in [9.17, 15) is 14.4 Å². The Morgan fingerprint density at radius 2 is 1.70 bits per heavy atom. The molecule has 7 nitrogen and oxygen atoms in total. The van der Waals surface area contributed by atoms with E-state index in [0.29, 0.717) is 18.8 Å². The van der Waals surface area contributed by atoms with E-state index >= 15 is 0 Å². The van der Waals surface area contributed by atoms with Gasteiger partial charge >= 0.3 is 6.03 Å². The van der Waals surface area contributed by atoms with Crippen molar-refractivity contribution in [2.45, 2.75) is 89.1 Å². The van der Waals surface area contributed by atoms with Gasteiger partial charge in [-0.15, -0.1) is 0 Å². The Morgan fingerprint density at radius 1 is 1.03 bits per heavy atom. The molecule has 0 aromatic rings. The van der Waals surface area contributed by atoms with E-state index in [0.717, 1.165) is 56.0 Å². The van der Waals surface area contributed by atoms with Crippen molar-refractivity contribution >= 4 is 17.8 Å². The highest BCUT2D eigenvalue weighted by molar-refractivity contribution is 6.09. The molecule has 2 N–H and O–H groups in total. The molecule has 0 aromatic heterocycles. The van der Waals surface area contributed by atoms with Gasteiger partial charge in [0.2, 0.25) is 5.91 Å². The van der Waals surface area contributed by atoms with Crippen LogP contribution in [0, 0.1) is 11.8 Å². The molecule has 7 heteroatoms. The molecule has 0 aromatic carbocycles. The Balaban J connectivity index is 1.22. The third-order valence-corrected chi connectivity index (χ3v) is 8.03. The fourth-order valence-corrected chi connectivity index (χ4v) is 5.97. The number of amides is 4. The van der Waals surface area contributed by atoms with Crippen LogP contribution in [0.25, 0.3) is 0 Å². The van der Waals surface area contributed by atoms with Gasteiger partial charge in [0.05, 0.1) is 0 Å². The van der Waals surface area contributed by atoms with Gasteiger partial charge in [-0.2, -0.15) is 0 Å². The smallest absolute Gasteiger partial charge is 0.325 e. The lowest BCUT2D eigenvalue weighted by atomic mass is 9.75. The van der Waals surface area contributed by atoms with Crippen molar-refractivity contribution in [1.29, 1.82) is 0 Å².